The highest BCUT2D eigenvalue weighted by atomic mass is 16.5. The third-order valence-electron chi connectivity index (χ3n) is 3.63. The van der Waals surface area contributed by atoms with Gasteiger partial charge in [0.05, 0.1) is 19.3 Å². The lowest BCUT2D eigenvalue weighted by Gasteiger charge is -2.27. The van der Waals surface area contributed by atoms with E-state index in [1.54, 1.807) is 6.08 Å². The van der Waals surface area contributed by atoms with Crippen molar-refractivity contribution in [1.29, 1.82) is 5.26 Å². The number of hydrogen-bond donors (Lipinski definition) is 1. The van der Waals surface area contributed by atoms with E-state index < -0.39 is 18.2 Å². The van der Waals surface area contributed by atoms with Crippen molar-refractivity contribution in [3.8, 4) is 6.07 Å². The maximum atomic E-state index is 9.19. The van der Waals surface area contributed by atoms with Gasteiger partial charge < -0.3 is 15.2 Å². The Morgan fingerprint density at radius 2 is 1.46 bits per heavy atom. The molecule has 2 N–H and O–H groups in total. The molecular weight excluding hydrogens is 300 g/mol. The second kappa shape index (κ2) is 9.64. The monoisotopic (exact) mass is 322 g/mol. The van der Waals surface area contributed by atoms with Crippen LogP contribution in [0.3, 0.4) is 0 Å². The van der Waals surface area contributed by atoms with Crippen LogP contribution in [0.4, 0.5) is 0 Å². The maximum Gasteiger partial charge on any atom is 0.122 e. The minimum atomic E-state index is -0.799. The molecule has 0 heterocycles. The van der Waals surface area contributed by atoms with Crippen LogP contribution >= 0.6 is 0 Å². The first-order chi connectivity index (χ1) is 11.7. The summed E-state index contributed by atoms with van der Waals surface area (Å²) < 4.78 is 11.8. The van der Waals surface area contributed by atoms with E-state index in [1.165, 1.54) is 0 Å². The van der Waals surface area contributed by atoms with Crippen LogP contribution in [0.2, 0.25) is 0 Å². The lowest BCUT2D eigenvalue weighted by Crippen LogP contribution is -2.44. The molecule has 0 fully saturated rings. The summed E-state index contributed by atoms with van der Waals surface area (Å²) in [6.45, 7) is 4.56. The molecule has 0 bridgehead atoms. The number of hydrogen-bond acceptors (Lipinski definition) is 4. The Morgan fingerprint density at radius 3 is 1.92 bits per heavy atom. The molecule has 0 aliphatic rings. The highest BCUT2D eigenvalue weighted by Gasteiger charge is 2.27. The molecule has 0 amide bonds. The molecule has 124 valence electrons. The summed E-state index contributed by atoms with van der Waals surface area (Å²) in [6, 6.07) is 20.8. The Balaban J connectivity index is 2.01. The third-order valence-corrected chi connectivity index (χ3v) is 3.63. The van der Waals surface area contributed by atoms with E-state index in [4.69, 9.17) is 15.2 Å². The molecule has 0 aliphatic carbocycles. The van der Waals surface area contributed by atoms with Crippen LogP contribution in [0, 0.1) is 11.3 Å². The van der Waals surface area contributed by atoms with Gasteiger partial charge in [0.1, 0.15) is 18.2 Å². The minimum absolute atomic E-state index is 0.361. The van der Waals surface area contributed by atoms with E-state index in [0.717, 1.165) is 11.1 Å². The first-order valence-corrected chi connectivity index (χ1v) is 7.83. The van der Waals surface area contributed by atoms with Crippen LogP contribution in [0.5, 0.6) is 0 Å². The Bertz CT molecular complexity index is 652. The number of ether oxygens (including phenoxy) is 2. The van der Waals surface area contributed by atoms with Crippen molar-refractivity contribution >= 4 is 0 Å². The molecule has 24 heavy (non-hydrogen) atoms. The van der Waals surface area contributed by atoms with E-state index >= 15 is 0 Å². The molecule has 2 rings (SSSR count). The SMILES string of the molecule is C=CC(OCc1ccccc1)C(OCc1ccccc1)C(N)C#N. The molecule has 2 aromatic rings. The van der Waals surface area contributed by atoms with Gasteiger partial charge in [0.25, 0.3) is 0 Å². The summed E-state index contributed by atoms with van der Waals surface area (Å²) >= 11 is 0. The van der Waals surface area contributed by atoms with Gasteiger partial charge in [0.2, 0.25) is 0 Å². The quantitative estimate of drug-likeness (QED) is 0.720. The highest BCUT2D eigenvalue weighted by Crippen LogP contribution is 2.14. The fourth-order valence-corrected chi connectivity index (χ4v) is 2.31. The summed E-state index contributed by atoms with van der Waals surface area (Å²) in [5.41, 5.74) is 7.96. The van der Waals surface area contributed by atoms with Crippen LogP contribution in [0.25, 0.3) is 0 Å². The van der Waals surface area contributed by atoms with Gasteiger partial charge in [0, 0.05) is 0 Å². The maximum absolute atomic E-state index is 9.19. The van der Waals surface area contributed by atoms with E-state index in [-0.39, 0.29) is 0 Å². The number of nitrogens with two attached hydrogens (primary N) is 1. The zero-order valence-electron chi connectivity index (χ0n) is 13.5. The second-order valence-corrected chi connectivity index (χ2v) is 5.41. The van der Waals surface area contributed by atoms with Gasteiger partial charge in [-0.2, -0.15) is 5.26 Å². The summed E-state index contributed by atoms with van der Waals surface area (Å²) in [4.78, 5) is 0. The smallest absolute Gasteiger partial charge is 0.122 e. The van der Waals surface area contributed by atoms with Crippen LogP contribution in [0.1, 0.15) is 11.1 Å². The summed E-state index contributed by atoms with van der Waals surface area (Å²) in [5, 5.41) is 9.19. The van der Waals surface area contributed by atoms with E-state index in [1.807, 2.05) is 66.7 Å². The average Bonchev–Trinajstić information content (AvgIpc) is 2.65. The molecule has 0 saturated carbocycles. The van der Waals surface area contributed by atoms with E-state index in [2.05, 4.69) is 6.58 Å². The van der Waals surface area contributed by atoms with Gasteiger partial charge in [-0.3, -0.25) is 0 Å². The Hall–Kier alpha value is -2.45. The van der Waals surface area contributed by atoms with E-state index in [9.17, 15) is 5.26 Å². The summed E-state index contributed by atoms with van der Waals surface area (Å²) in [6.07, 6.45) is 0.579. The largest absolute Gasteiger partial charge is 0.368 e. The third kappa shape index (κ3) is 5.32. The molecule has 0 aliphatic heterocycles. The Labute approximate surface area is 143 Å². The molecule has 4 heteroatoms. The molecule has 0 radical (unpaired) electrons. The Morgan fingerprint density at radius 1 is 0.958 bits per heavy atom. The zero-order chi connectivity index (χ0) is 17.2. The van der Waals surface area contributed by atoms with Gasteiger partial charge in [-0.25, -0.2) is 0 Å². The second-order valence-electron chi connectivity index (χ2n) is 5.41. The first kappa shape index (κ1) is 17.9. The molecule has 3 unspecified atom stereocenters. The Kier molecular flexibility index (Phi) is 7.19. The normalized spacial score (nSPS) is 14.3. The van der Waals surface area contributed by atoms with Crippen LogP contribution < -0.4 is 5.73 Å². The van der Waals surface area contributed by atoms with Crippen molar-refractivity contribution in [2.45, 2.75) is 31.5 Å². The minimum Gasteiger partial charge on any atom is -0.368 e. The molecule has 3 atom stereocenters. The molecular formula is C20H22N2O2. The lowest BCUT2D eigenvalue weighted by molar-refractivity contribution is -0.0681. The van der Waals surface area contributed by atoms with Crippen LogP contribution in [0.15, 0.2) is 73.3 Å². The fraction of sp³-hybridized carbons (Fsp3) is 0.250. The molecule has 0 spiro atoms. The van der Waals surface area contributed by atoms with Crippen molar-refractivity contribution in [3.05, 3.63) is 84.4 Å². The summed E-state index contributed by atoms with van der Waals surface area (Å²) in [7, 11) is 0. The highest BCUT2D eigenvalue weighted by molar-refractivity contribution is 5.15. The van der Waals surface area contributed by atoms with Crippen LogP contribution in [-0.2, 0) is 22.7 Å². The molecule has 0 saturated heterocycles. The van der Waals surface area contributed by atoms with Gasteiger partial charge in [-0.05, 0) is 11.1 Å². The first-order valence-electron chi connectivity index (χ1n) is 7.83. The van der Waals surface area contributed by atoms with Gasteiger partial charge in [-0.1, -0.05) is 66.7 Å². The lowest BCUT2D eigenvalue weighted by atomic mass is 10.1. The fourth-order valence-electron chi connectivity index (χ4n) is 2.31. The zero-order valence-corrected chi connectivity index (χ0v) is 13.5. The van der Waals surface area contributed by atoms with E-state index in [0.29, 0.717) is 13.2 Å². The van der Waals surface area contributed by atoms with Crippen LogP contribution in [-0.4, -0.2) is 18.2 Å². The number of benzene rings is 2. The predicted octanol–water partition coefficient (Wildman–Crippen LogP) is 3.19. The number of rotatable bonds is 9. The van der Waals surface area contributed by atoms with Crippen molar-refractivity contribution in [1.82, 2.24) is 0 Å². The molecule has 0 aromatic heterocycles. The summed E-state index contributed by atoms with van der Waals surface area (Å²) in [5.74, 6) is 0. The average molecular weight is 322 g/mol. The predicted molar refractivity (Wildman–Crippen MR) is 93.8 cm³/mol. The van der Waals surface area contributed by atoms with Gasteiger partial charge in [-0.15, -0.1) is 6.58 Å². The van der Waals surface area contributed by atoms with Gasteiger partial charge >= 0.3 is 0 Å². The topological polar surface area (TPSA) is 68.3 Å². The van der Waals surface area contributed by atoms with Crippen molar-refractivity contribution in [3.63, 3.8) is 0 Å². The molecule has 4 nitrogen and oxygen atoms in total. The van der Waals surface area contributed by atoms with Crippen molar-refractivity contribution < 1.29 is 9.47 Å². The van der Waals surface area contributed by atoms with Gasteiger partial charge in [0.15, 0.2) is 0 Å². The van der Waals surface area contributed by atoms with Crippen molar-refractivity contribution in [2.75, 3.05) is 0 Å². The standard InChI is InChI=1S/C20H22N2O2/c1-2-19(23-14-16-9-5-3-6-10-16)20(18(22)13-21)24-15-17-11-7-4-8-12-17/h2-12,18-20H,1,14-15,22H2. The molecule has 2 aromatic carbocycles. The van der Waals surface area contributed by atoms with Crippen molar-refractivity contribution in [2.24, 2.45) is 5.73 Å². The number of nitrogens with zero attached hydrogens (tertiary/aromatic N) is 1. The number of nitriles is 1.